The molecule has 1 aliphatic carbocycles. The van der Waals surface area contributed by atoms with Crippen molar-refractivity contribution in [1.29, 1.82) is 0 Å². The maximum absolute atomic E-state index is 12.2. The van der Waals surface area contributed by atoms with Crippen LogP contribution in [0.3, 0.4) is 0 Å². The predicted octanol–water partition coefficient (Wildman–Crippen LogP) is 0.195. The topological polar surface area (TPSA) is 66.6 Å². The molecule has 1 saturated heterocycles. The molecule has 2 fully saturated rings. The first-order valence-electron chi connectivity index (χ1n) is 6.88. The number of rotatable bonds is 4. The molecule has 0 aromatic carbocycles. The molecule has 0 unspecified atom stereocenters. The highest BCUT2D eigenvalue weighted by atomic mass is 16.2. The summed E-state index contributed by atoms with van der Waals surface area (Å²) in [7, 11) is 1.81. The molecule has 2 atom stereocenters. The van der Waals surface area contributed by atoms with Gasteiger partial charge in [0.25, 0.3) is 0 Å². The molecule has 1 saturated carbocycles. The molecule has 2 N–H and O–H groups in total. The summed E-state index contributed by atoms with van der Waals surface area (Å²) >= 11 is 0. The van der Waals surface area contributed by atoms with E-state index in [1.807, 2.05) is 11.9 Å². The zero-order valence-corrected chi connectivity index (χ0v) is 11.1. The minimum Gasteiger partial charge on any atom is -0.344 e. The Bertz CT molecular complexity index is 332. The second kappa shape index (κ2) is 5.69. The minimum atomic E-state index is -0.00993. The van der Waals surface area contributed by atoms with Crippen LogP contribution in [0.25, 0.3) is 0 Å². The second-order valence-electron chi connectivity index (χ2n) is 5.45. The molecule has 2 rings (SSSR count). The van der Waals surface area contributed by atoms with Gasteiger partial charge in [-0.05, 0) is 19.3 Å². The van der Waals surface area contributed by atoms with Crippen LogP contribution in [0.5, 0.6) is 0 Å². The molecule has 1 aliphatic heterocycles. The summed E-state index contributed by atoms with van der Waals surface area (Å²) in [6, 6.07) is 0.0216. The predicted molar refractivity (Wildman–Crippen MR) is 68.8 cm³/mol. The number of hydrogen-bond donors (Lipinski definition) is 1. The van der Waals surface area contributed by atoms with Crippen molar-refractivity contribution in [3.63, 3.8) is 0 Å². The van der Waals surface area contributed by atoms with Gasteiger partial charge in [0.2, 0.25) is 11.8 Å². The molecular weight excluding hydrogens is 230 g/mol. The van der Waals surface area contributed by atoms with E-state index < -0.39 is 0 Å². The van der Waals surface area contributed by atoms with E-state index in [0.717, 1.165) is 32.2 Å². The monoisotopic (exact) mass is 253 g/mol. The van der Waals surface area contributed by atoms with Crippen LogP contribution >= 0.6 is 0 Å². The van der Waals surface area contributed by atoms with E-state index in [1.165, 1.54) is 0 Å². The fraction of sp³-hybridized carbons (Fsp3) is 0.846. The first kappa shape index (κ1) is 13.3. The highest BCUT2D eigenvalue weighted by Crippen LogP contribution is 2.25. The maximum Gasteiger partial charge on any atom is 0.227 e. The highest BCUT2D eigenvalue weighted by molar-refractivity contribution is 5.80. The normalized spacial score (nSPS) is 27.9. The summed E-state index contributed by atoms with van der Waals surface area (Å²) < 4.78 is 0. The highest BCUT2D eigenvalue weighted by Gasteiger charge is 2.32. The molecule has 1 heterocycles. The smallest absolute Gasteiger partial charge is 0.227 e. The van der Waals surface area contributed by atoms with Gasteiger partial charge in [-0.3, -0.25) is 9.59 Å². The summed E-state index contributed by atoms with van der Waals surface area (Å²) in [4.78, 5) is 27.2. The number of likely N-dealkylation sites (tertiary alicyclic amines) is 1. The molecule has 0 radical (unpaired) electrons. The quantitative estimate of drug-likeness (QED) is 0.778. The van der Waals surface area contributed by atoms with Crippen molar-refractivity contribution >= 4 is 11.8 Å². The van der Waals surface area contributed by atoms with E-state index in [1.54, 1.807) is 4.90 Å². The summed E-state index contributed by atoms with van der Waals surface area (Å²) in [5.74, 6) is 0.351. The van der Waals surface area contributed by atoms with Crippen molar-refractivity contribution in [1.82, 2.24) is 9.80 Å². The minimum absolute atomic E-state index is 0.00993. The Kier molecular flexibility index (Phi) is 4.22. The van der Waals surface area contributed by atoms with Crippen molar-refractivity contribution in [2.75, 3.05) is 26.7 Å². The van der Waals surface area contributed by atoms with Crippen LogP contribution in [-0.2, 0) is 9.59 Å². The fourth-order valence-corrected chi connectivity index (χ4v) is 2.90. The molecule has 2 aliphatic rings. The zero-order chi connectivity index (χ0) is 13.1. The van der Waals surface area contributed by atoms with Crippen molar-refractivity contribution in [3.8, 4) is 0 Å². The number of likely N-dealkylation sites (N-methyl/N-ethyl adjacent to an activating group) is 1. The Morgan fingerprint density at radius 3 is 2.78 bits per heavy atom. The van der Waals surface area contributed by atoms with E-state index in [9.17, 15) is 9.59 Å². The Balaban J connectivity index is 1.78. The van der Waals surface area contributed by atoms with Crippen LogP contribution in [0.15, 0.2) is 0 Å². The van der Waals surface area contributed by atoms with Crippen LogP contribution in [0.2, 0.25) is 0 Å². The molecule has 0 bridgehead atoms. The van der Waals surface area contributed by atoms with Gasteiger partial charge in [-0.15, -0.1) is 0 Å². The number of nitrogens with two attached hydrogens (primary N) is 1. The summed E-state index contributed by atoms with van der Waals surface area (Å²) in [6.07, 6.45) is 4.52. The van der Waals surface area contributed by atoms with Gasteiger partial charge < -0.3 is 15.5 Å². The molecule has 0 aromatic rings. The van der Waals surface area contributed by atoms with Crippen LogP contribution in [0.4, 0.5) is 0 Å². The van der Waals surface area contributed by atoms with Gasteiger partial charge in [0, 0.05) is 39.1 Å². The first-order chi connectivity index (χ1) is 8.59. The molecule has 5 heteroatoms. The van der Waals surface area contributed by atoms with E-state index in [0.29, 0.717) is 19.5 Å². The maximum atomic E-state index is 12.2. The first-order valence-corrected chi connectivity index (χ1v) is 6.88. The van der Waals surface area contributed by atoms with Crippen LogP contribution in [-0.4, -0.2) is 54.3 Å². The average Bonchev–Trinajstić information content (AvgIpc) is 2.94. The second-order valence-corrected chi connectivity index (χ2v) is 5.45. The van der Waals surface area contributed by atoms with Gasteiger partial charge in [0.05, 0.1) is 5.92 Å². The van der Waals surface area contributed by atoms with Gasteiger partial charge >= 0.3 is 0 Å². The lowest BCUT2D eigenvalue weighted by molar-refractivity contribution is -0.136. The van der Waals surface area contributed by atoms with Gasteiger partial charge in [0.15, 0.2) is 0 Å². The van der Waals surface area contributed by atoms with E-state index in [-0.39, 0.29) is 23.8 Å². The standard InChI is InChI=1S/C13H23N3O2/c1-15(8-9-16-7-3-6-12(16)17)13(18)10-4-2-5-11(10)14/h10-11H,2-9,14H2,1H3/t10-,11+/m1/s1. The lowest BCUT2D eigenvalue weighted by Crippen LogP contribution is -2.43. The van der Waals surface area contributed by atoms with E-state index >= 15 is 0 Å². The molecule has 0 aromatic heterocycles. The van der Waals surface area contributed by atoms with Crippen molar-refractivity contribution < 1.29 is 9.59 Å². The van der Waals surface area contributed by atoms with Crippen LogP contribution in [0, 0.1) is 5.92 Å². The SMILES string of the molecule is CN(CCN1CCCC1=O)C(=O)[C@@H]1CCC[C@@H]1N. The fourth-order valence-electron chi connectivity index (χ4n) is 2.90. The lowest BCUT2D eigenvalue weighted by Gasteiger charge is -2.25. The van der Waals surface area contributed by atoms with Crippen molar-refractivity contribution in [2.24, 2.45) is 11.7 Å². The third-order valence-electron chi connectivity index (χ3n) is 4.14. The van der Waals surface area contributed by atoms with Gasteiger partial charge in [-0.1, -0.05) is 6.42 Å². The Morgan fingerprint density at radius 1 is 1.44 bits per heavy atom. The number of carbonyl (C=O) groups excluding carboxylic acids is 2. The van der Waals surface area contributed by atoms with Gasteiger partial charge in [-0.2, -0.15) is 0 Å². The van der Waals surface area contributed by atoms with Gasteiger partial charge in [0.1, 0.15) is 0 Å². The lowest BCUT2D eigenvalue weighted by atomic mass is 10.0. The zero-order valence-electron chi connectivity index (χ0n) is 11.1. The summed E-state index contributed by atoms with van der Waals surface area (Å²) in [5.41, 5.74) is 5.95. The molecular formula is C13H23N3O2. The van der Waals surface area contributed by atoms with E-state index in [2.05, 4.69) is 0 Å². The molecule has 18 heavy (non-hydrogen) atoms. The Morgan fingerprint density at radius 2 is 2.22 bits per heavy atom. The molecule has 0 spiro atoms. The van der Waals surface area contributed by atoms with E-state index in [4.69, 9.17) is 5.73 Å². The van der Waals surface area contributed by atoms with Crippen molar-refractivity contribution in [3.05, 3.63) is 0 Å². The molecule has 5 nitrogen and oxygen atoms in total. The largest absolute Gasteiger partial charge is 0.344 e. The van der Waals surface area contributed by atoms with Crippen molar-refractivity contribution in [2.45, 2.75) is 38.1 Å². The average molecular weight is 253 g/mol. The summed E-state index contributed by atoms with van der Waals surface area (Å²) in [6.45, 7) is 2.11. The third-order valence-corrected chi connectivity index (χ3v) is 4.14. The number of amides is 2. The molecule has 2 amide bonds. The Hall–Kier alpha value is -1.10. The van der Waals surface area contributed by atoms with Gasteiger partial charge in [-0.25, -0.2) is 0 Å². The van der Waals surface area contributed by atoms with Crippen LogP contribution in [0.1, 0.15) is 32.1 Å². The molecule has 102 valence electrons. The third kappa shape index (κ3) is 2.83. The number of nitrogens with zero attached hydrogens (tertiary/aromatic N) is 2. The van der Waals surface area contributed by atoms with Crippen LogP contribution < -0.4 is 5.73 Å². The Labute approximate surface area is 108 Å². The number of carbonyl (C=O) groups is 2. The summed E-state index contributed by atoms with van der Waals surface area (Å²) in [5, 5.41) is 0. The number of hydrogen-bond acceptors (Lipinski definition) is 3.